The van der Waals surface area contributed by atoms with Crippen molar-refractivity contribution in [2.75, 3.05) is 10.9 Å². The largest absolute Gasteiger partial charge is 0.278 e. The molecule has 4 aromatic rings. The summed E-state index contributed by atoms with van der Waals surface area (Å²) in [5.41, 5.74) is 11.8. The minimum absolute atomic E-state index is 0.897. The van der Waals surface area contributed by atoms with E-state index in [-0.39, 0.29) is 0 Å². The van der Waals surface area contributed by atoms with E-state index in [1.54, 1.807) is 22.7 Å². The standard InChI is InChI=1S/C24H24N6S2/c1-15-21(17(3)27-29-19-11-7-5-8-12-19)31-23(25-15)24-26-16(2)22(32-24)18(4)28-30-20-13-9-6-10-14-20/h5-14,29-30H,1-4H3/b27-17-,28-18+. The van der Waals surface area contributed by atoms with Gasteiger partial charge in [0.05, 0.1) is 43.9 Å². The molecule has 4 rings (SSSR count). The SMILES string of the molecule is C/C(=N/Nc1ccccc1)c1sc(-c2nc(C)c(/C(C)=N/Nc3ccccc3)s2)nc1C. The number of para-hydroxylation sites is 2. The molecule has 0 atom stereocenters. The lowest BCUT2D eigenvalue weighted by molar-refractivity contribution is 1.21. The van der Waals surface area contributed by atoms with Crippen molar-refractivity contribution in [3.63, 3.8) is 0 Å². The van der Waals surface area contributed by atoms with E-state index < -0.39 is 0 Å². The molecule has 0 bridgehead atoms. The summed E-state index contributed by atoms with van der Waals surface area (Å²) in [6.45, 7) is 8.00. The van der Waals surface area contributed by atoms with Crippen LogP contribution < -0.4 is 10.9 Å². The molecule has 2 N–H and O–H groups in total. The van der Waals surface area contributed by atoms with Crippen molar-refractivity contribution in [3.8, 4) is 10.0 Å². The van der Waals surface area contributed by atoms with Crippen molar-refractivity contribution < 1.29 is 0 Å². The predicted molar refractivity (Wildman–Crippen MR) is 137 cm³/mol. The molecule has 0 saturated carbocycles. The number of aryl methyl sites for hydroxylation is 2. The molecule has 2 aromatic heterocycles. The molecule has 0 aliphatic rings. The van der Waals surface area contributed by atoms with Gasteiger partial charge in [-0.25, -0.2) is 9.97 Å². The Bertz CT molecular complexity index is 1160. The van der Waals surface area contributed by atoms with Crippen LogP contribution in [0, 0.1) is 13.8 Å². The molecule has 6 nitrogen and oxygen atoms in total. The van der Waals surface area contributed by atoms with E-state index in [1.807, 2.05) is 88.4 Å². The number of hydrazone groups is 2. The Kier molecular flexibility index (Phi) is 6.72. The van der Waals surface area contributed by atoms with Crippen LogP contribution >= 0.6 is 22.7 Å². The van der Waals surface area contributed by atoms with Crippen molar-refractivity contribution in [2.45, 2.75) is 27.7 Å². The molecule has 2 heterocycles. The van der Waals surface area contributed by atoms with Crippen LogP contribution in [0.25, 0.3) is 10.0 Å². The number of rotatable bonds is 7. The second kappa shape index (κ2) is 9.84. The lowest BCUT2D eigenvalue weighted by atomic mass is 10.3. The molecular weight excluding hydrogens is 436 g/mol. The molecule has 32 heavy (non-hydrogen) atoms. The van der Waals surface area contributed by atoms with Gasteiger partial charge in [0.2, 0.25) is 0 Å². The van der Waals surface area contributed by atoms with E-state index >= 15 is 0 Å². The zero-order valence-corrected chi connectivity index (χ0v) is 20.0. The van der Waals surface area contributed by atoms with E-state index in [2.05, 4.69) is 21.1 Å². The minimum atomic E-state index is 0.897. The Hall–Kier alpha value is -3.36. The summed E-state index contributed by atoms with van der Waals surface area (Å²) >= 11 is 3.22. The first kappa shape index (κ1) is 21.9. The maximum Gasteiger partial charge on any atom is 0.153 e. The van der Waals surface area contributed by atoms with Crippen LogP contribution in [-0.4, -0.2) is 21.4 Å². The number of hydrogen-bond acceptors (Lipinski definition) is 8. The zero-order valence-electron chi connectivity index (χ0n) is 18.4. The van der Waals surface area contributed by atoms with Crippen LogP contribution in [0.4, 0.5) is 11.4 Å². The first-order valence-electron chi connectivity index (χ1n) is 10.2. The molecule has 0 spiro atoms. The summed E-state index contributed by atoms with van der Waals surface area (Å²) in [5.74, 6) is 0. The lowest BCUT2D eigenvalue weighted by Gasteiger charge is -2.01. The van der Waals surface area contributed by atoms with Crippen LogP contribution in [0.5, 0.6) is 0 Å². The van der Waals surface area contributed by atoms with Gasteiger partial charge in [0, 0.05) is 0 Å². The summed E-state index contributed by atoms with van der Waals surface area (Å²) in [7, 11) is 0. The van der Waals surface area contributed by atoms with Gasteiger partial charge in [0.15, 0.2) is 10.0 Å². The Balaban J connectivity index is 1.53. The quantitative estimate of drug-likeness (QED) is 0.242. The average Bonchev–Trinajstić information content (AvgIpc) is 3.40. The highest BCUT2D eigenvalue weighted by Crippen LogP contribution is 2.33. The number of thiazole rings is 2. The Morgan fingerprint density at radius 1 is 0.656 bits per heavy atom. The minimum Gasteiger partial charge on any atom is -0.278 e. The van der Waals surface area contributed by atoms with Crippen molar-refractivity contribution >= 4 is 45.5 Å². The van der Waals surface area contributed by atoms with Gasteiger partial charge in [-0.15, -0.1) is 22.7 Å². The smallest absolute Gasteiger partial charge is 0.153 e. The van der Waals surface area contributed by atoms with Gasteiger partial charge in [-0.2, -0.15) is 10.2 Å². The molecule has 0 aliphatic carbocycles. The van der Waals surface area contributed by atoms with Crippen LogP contribution in [-0.2, 0) is 0 Å². The third-order valence-electron chi connectivity index (χ3n) is 4.69. The second-order valence-corrected chi connectivity index (χ2v) is 9.22. The van der Waals surface area contributed by atoms with Gasteiger partial charge in [-0.3, -0.25) is 10.9 Å². The number of aromatic nitrogens is 2. The fraction of sp³-hybridized carbons (Fsp3) is 0.167. The summed E-state index contributed by atoms with van der Waals surface area (Å²) in [5, 5.41) is 10.9. The first-order valence-corrected chi connectivity index (χ1v) is 11.8. The summed E-state index contributed by atoms with van der Waals surface area (Å²) in [6, 6.07) is 19.8. The monoisotopic (exact) mass is 460 g/mol. The molecule has 0 amide bonds. The van der Waals surface area contributed by atoms with E-state index in [4.69, 9.17) is 9.97 Å². The zero-order chi connectivity index (χ0) is 22.5. The highest BCUT2D eigenvalue weighted by molar-refractivity contribution is 7.23. The van der Waals surface area contributed by atoms with Crippen molar-refractivity contribution in [2.24, 2.45) is 10.2 Å². The average molecular weight is 461 g/mol. The fourth-order valence-electron chi connectivity index (χ4n) is 3.07. The molecule has 0 aliphatic heterocycles. The molecule has 0 unspecified atom stereocenters. The normalized spacial score (nSPS) is 12.1. The number of nitrogens with one attached hydrogen (secondary N) is 2. The van der Waals surface area contributed by atoms with Gasteiger partial charge in [-0.05, 0) is 52.0 Å². The Morgan fingerprint density at radius 2 is 1.03 bits per heavy atom. The maximum absolute atomic E-state index is 4.77. The van der Waals surface area contributed by atoms with Crippen LogP contribution in [0.3, 0.4) is 0 Å². The first-order chi connectivity index (χ1) is 15.5. The van der Waals surface area contributed by atoms with Crippen molar-refractivity contribution in [1.29, 1.82) is 0 Å². The topological polar surface area (TPSA) is 74.6 Å². The van der Waals surface area contributed by atoms with Gasteiger partial charge in [0.25, 0.3) is 0 Å². The van der Waals surface area contributed by atoms with E-state index in [0.29, 0.717) is 0 Å². The molecule has 0 fully saturated rings. The molecule has 0 radical (unpaired) electrons. The molecule has 0 saturated heterocycles. The number of nitrogens with zero attached hydrogens (tertiary/aromatic N) is 4. The van der Waals surface area contributed by atoms with Crippen molar-refractivity contribution in [3.05, 3.63) is 81.8 Å². The Morgan fingerprint density at radius 3 is 1.41 bits per heavy atom. The molecule has 162 valence electrons. The Labute approximate surface area is 195 Å². The molecule has 2 aromatic carbocycles. The summed E-state index contributed by atoms with van der Waals surface area (Å²) < 4.78 is 0. The van der Waals surface area contributed by atoms with Crippen LogP contribution in [0.2, 0.25) is 0 Å². The van der Waals surface area contributed by atoms with Crippen molar-refractivity contribution in [1.82, 2.24) is 9.97 Å². The van der Waals surface area contributed by atoms with Gasteiger partial charge < -0.3 is 0 Å². The summed E-state index contributed by atoms with van der Waals surface area (Å²) in [4.78, 5) is 11.6. The molecule has 8 heteroatoms. The number of benzene rings is 2. The lowest BCUT2D eigenvalue weighted by Crippen LogP contribution is -1.99. The maximum atomic E-state index is 4.77. The van der Waals surface area contributed by atoms with Gasteiger partial charge in [-0.1, -0.05) is 36.4 Å². The highest BCUT2D eigenvalue weighted by atomic mass is 32.1. The predicted octanol–water partition coefficient (Wildman–Crippen LogP) is 6.56. The van der Waals surface area contributed by atoms with Crippen LogP contribution in [0.15, 0.2) is 70.9 Å². The number of hydrogen-bond donors (Lipinski definition) is 2. The fourth-order valence-corrected chi connectivity index (χ4v) is 5.11. The molecular formula is C24H24N6S2. The van der Waals surface area contributed by atoms with Gasteiger partial charge in [0.1, 0.15) is 0 Å². The third-order valence-corrected chi connectivity index (χ3v) is 7.36. The van der Waals surface area contributed by atoms with Gasteiger partial charge >= 0.3 is 0 Å². The van der Waals surface area contributed by atoms with E-state index in [0.717, 1.165) is 54.0 Å². The number of anilines is 2. The second-order valence-electron chi connectivity index (χ2n) is 7.22. The highest BCUT2D eigenvalue weighted by Gasteiger charge is 2.18. The van der Waals surface area contributed by atoms with Crippen LogP contribution in [0.1, 0.15) is 35.0 Å². The summed E-state index contributed by atoms with van der Waals surface area (Å²) in [6.07, 6.45) is 0. The van der Waals surface area contributed by atoms with E-state index in [9.17, 15) is 0 Å². The third kappa shape index (κ3) is 5.09. The van der Waals surface area contributed by atoms with E-state index in [1.165, 1.54) is 0 Å².